The molecule has 3 rings (SSSR count). The molecule has 0 fully saturated rings. The van der Waals surface area contributed by atoms with Crippen LogP contribution in [0.25, 0.3) is 0 Å². The topological polar surface area (TPSA) is 76.5 Å². The SMILES string of the molecule is Nc1ncnc2c1[C@H](c1ccccc1)N=N2. The third-order valence-electron chi connectivity index (χ3n) is 2.55. The smallest absolute Gasteiger partial charge is 0.185 e. The van der Waals surface area contributed by atoms with Crippen molar-refractivity contribution in [1.82, 2.24) is 9.97 Å². The van der Waals surface area contributed by atoms with E-state index in [1.54, 1.807) is 0 Å². The van der Waals surface area contributed by atoms with E-state index < -0.39 is 0 Å². The van der Waals surface area contributed by atoms with Gasteiger partial charge in [-0.1, -0.05) is 30.3 Å². The van der Waals surface area contributed by atoms with Gasteiger partial charge in [0.05, 0.1) is 5.56 Å². The third-order valence-corrected chi connectivity index (χ3v) is 2.55. The quantitative estimate of drug-likeness (QED) is 0.785. The van der Waals surface area contributed by atoms with Crippen LogP contribution in [0.2, 0.25) is 0 Å². The van der Waals surface area contributed by atoms with E-state index in [0.717, 1.165) is 11.1 Å². The number of aromatic nitrogens is 2. The lowest BCUT2D eigenvalue weighted by Crippen LogP contribution is -2.02. The van der Waals surface area contributed by atoms with E-state index in [4.69, 9.17) is 5.73 Å². The molecule has 2 heterocycles. The second-order valence-corrected chi connectivity index (χ2v) is 3.52. The molecule has 0 amide bonds. The van der Waals surface area contributed by atoms with Gasteiger partial charge in [-0.3, -0.25) is 0 Å². The molecular weight excluding hydrogens is 202 g/mol. The van der Waals surface area contributed by atoms with Crippen LogP contribution in [0, 0.1) is 0 Å². The number of benzene rings is 1. The van der Waals surface area contributed by atoms with Crippen molar-refractivity contribution in [3.05, 3.63) is 47.8 Å². The summed E-state index contributed by atoms with van der Waals surface area (Å²) in [5.74, 6) is 1.02. The highest BCUT2D eigenvalue weighted by Crippen LogP contribution is 2.40. The van der Waals surface area contributed by atoms with Gasteiger partial charge in [-0.2, -0.15) is 5.11 Å². The molecule has 1 atom stereocenters. The monoisotopic (exact) mass is 211 g/mol. The normalized spacial score (nSPS) is 17.4. The molecule has 0 aliphatic carbocycles. The first-order valence-corrected chi connectivity index (χ1v) is 4.92. The summed E-state index contributed by atoms with van der Waals surface area (Å²) < 4.78 is 0. The van der Waals surface area contributed by atoms with Crippen LogP contribution in [-0.4, -0.2) is 9.97 Å². The summed E-state index contributed by atoms with van der Waals surface area (Å²) in [4.78, 5) is 8.02. The summed E-state index contributed by atoms with van der Waals surface area (Å²) in [7, 11) is 0. The Morgan fingerprint density at radius 2 is 1.88 bits per heavy atom. The summed E-state index contributed by atoms with van der Waals surface area (Å²) in [5, 5.41) is 8.19. The molecule has 1 aliphatic rings. The van der Waals surface area contributed by atoms with Crippen molar-refractivity contribution in [2.45, 2.75) is 6.04 Å². The fraction of sp³-hybridized carbons (Fsp3) is 0.0909. The maximum atomic E-state index is 5.83. The van der Waals surface area contributed by atoms with E-state index in [1.807, 2.05) is 30.3 Å². The molecule has 78 valence electrons. The Morgan fingerprint density at radius 1 is 1.06 bits per heavy atom. The molecule has 0 saturated carbocycles. The van der Waals surface area contributed by atoms with Crippen LogP contribution in [0.15, 0.2) is 46.9 Å². The summed E-state index contributed by atoms with van der Waals surface area (Å²) in [6.07, 6.45) is 1.40. The molecule has 16 heavy (non-hydrogen) atoms. The third kappa shape index (κ3) is 1.25. The zero-order valence-electron chi connectivity index (χ0n) is 8.41. The molecule has 0 unspecified atom stereocenters. The lowest BCUT2D eigenvalue weighted by molar-refractivity contribution is 0.860. The van der Waals surface area contributed by atoms with Gasteiger partial charge in [0.1, 0.15) is 18.2 Å². The number of hydrogen-bond acceptors (Lipinski definition) is 5. The maximum Gasteiger partial charge on any atom is 0.185 e. The van der Waals surface area contributed by atoms with Gasteiger partial charge in [0.15, 0.2) is 5.82 Å². The highest BCUT2D eigenvalue weighted by Gasteiger charge is 2.26. The minimum Gasteiger partial charge on any atom is -0.383 e. The Labute approximate surface area is 92.1 Å². The van der Waals surface area contributed by atoms with Gasteiger partial charge in [0, 0.05) is 0 Å². The van der Waals surface area contributed by atoms with Gasteiger partial charge in [-0.25, -0.2) is 9.97 Å². The molecule has 0 saturated heterocycles. The number of hydrogen-bond donors (Lipinski definition) is 1. The Morgan fingerprint density at radius 3 is 2.69 bits per heavy atom. The molecule has 1 aromatic heterocycles. The van der Waals surface area contributed by atoms with Gasteiger partial charge in [-0.05, 0) is 5.56 Å². The van der Waals surface area contributed by atoms with E-state index in [0.29, 0.717) is 11.6 Å². The minimum absolute atomic E-state index is 0.169. The van der Waals surface area contributed by atoms with Crippen LogP contribution in [0.1, 0.15) is 17.2 Å². The molecule has 2 N–H and O–H groups in total. The van der Waals surface area contributed by atoms with Crippen LogP contribution < -0.4 is 5.73 Å². The number of nitrogens with zero attached hydrogens (tertiary/aromatic N) is 4. The highest BCUT2D eigenvalue weighted by atomic mass is 15.2. The van der Waals surface area contributed by atoms with Crippen molar-refractivity contribution in [3.63, 3.8) is 0 Å². The number of anilines is 1. The second-order valence-electron chi connectivity index (χ2n) is 3.52. The molecule has 5 heteroatoms. The van der Waals surface area contributed by atoms with E-state index >= 15 is 0 Å². The van der Waals surface area contributed by atoms with Crippen molar-refractivity contribution in [2.75, 3.05) is 5.73 Å². The molecule has 1 aromatic carbocycles. The number of fused-ring (bicyclic) bond motifs is 1. The van der Waals surface area contributed by atoms with Crippen LogP contribution in [0.4, 0.5) is 11.6 Å². The van der Waals surface area contributed by atoms with Crippen LogP contribution in [-0.2, 0) is 0 Å². The number of azo groups is 1. The molecule has 5 nitrogen and oxygen atoms in total. The molecule has 0 radical (unpaired) electrons. The molecule has 1 aliphatic heterocycles. The molecular formula is C11H9N5. The summed E-state index contributed by atoms with van der Waals surface area (Å²) >= 11 is 0. The number of nitrogen functional groups attached to an aromatic ring is 1. The van der Waals surface area contributed by atoms with E-state index in [9.17, 15) is 0 Å². The Hall–Kier alpha value is -2.30. The van der Waals surface area contributed by atoms with Crippen molar-refractivity contribution in [2.24, 2.45) is 10.2 Å². The molecule has 2 aromatic rings. The second kappa shape index (κ2) is 3.37. The zero-order chi connectivity index (χ0) is 11.0. The first kappa shape index (κ1) is 8.96. The van der Waals surface area contributed by atoms with Crippen molar-refractivity contribution in [3.8, 4) is 0 Å². The predicted octanol–water partition coefficient (Wildman–Crippen LogP) is 2.25. The first-order valence-electron chi connectivity index (χ1n) is 4.92. The van der Waals surface area contributed by atoms with Gasteiger partial charge < -0.3 is 5.73 Å². The van der Waals surface area contributed by atoms with E-state index in [2.05, 4.69) is 20.2 Å². The first-order chi connectivity index (χ1) is 7.86. The zero-order valence-corrected chi connectivity index (χ0v) is 8.41. The summed E-state index contributed by atoms with van der Waals surface area (Å²) in [6.45, 7) is 0. The van der Waals surface area contributed by atoms with Gasteiger partial charge in [0.25, 0.3) is 0 Å². The van der Waals surface area contributed by atoms with E-state index in [1.165, 1.54) is 6.33 Å². The molecule has 0 spiro atoms. The fourth-order valence-electron chi connectivity index (χ4n) is 1.78. The average molecular weight is 211 g/mol. The van der Waals surface area contributed by atoms with Gasteiger partial charge in [-0.15, -0.1) is 5.11 Å². The van der Waals surface area contributed by atoms with Crippen LogP contribution in [0.5, 0.6) is 0 Å². The lowest BCUT2D eigenvalue weighted by Gasteiger charge is -2.08. The van der Waals surface area contributed by atoms with Gasteiger partial charge >= 0.3 is 0 Å². The maximum absolute atomic E-state index is 5.83. The standard InChI is InChI=1S/C11H9N5/c12-10-8-9(7-4-2-1-3-5-7)15-16-11(8)14-6-13-10/h1-6,9H,(H2,12,13,14)/t9-/m0/s1. The summed E-state index contributed by atoms with van der Waals surface area (Å²) in [6, 6.07) is 9.70. The average Bonchev–Trinajstić information content (AvgIpc) is 2.75. The number of rotatable bonds is 1. The fourth-order valence-corrected chi connectivity index (χ4v) is 1.78. The minimum atomic E-state index is -0.169. The van der Waals surface area contributed by atoms with Crippen molar-refractivity contribution in [1.29, 1.82) is 0 Å². The Balaban J connectivity index is 2.13. The predicted molar refractivity (Wildman–Crippen MR) is 59.2 cm³/mol. The van der Waals surface area contributed by atoms with E-state index in [-0.39, 0.29) is 6.04 Å². The summed E-state index contributed by atoms with van der Waals surface area (Å²) in [5.41, 5.74) is 7.68. The Bertz CT molecular complexity index is 550. The lowest BCUT2D eigenvalue weighted by atomic mass is 10.0. The van der Waals surface area contributed by atoms with Crippen LogP contribution >= 0.6 is 0 Å². The van der Waals surface area contributed by atoms with Crippen molar-refractivity contribution < 1.29 is 0 Å². The molecule has 0 bridgehead atoms. The van der Waals surface area contributed by atoms with Crippen molar-refractivity contribution >= 4 is 11.6 Å². The largest absolute Gasteiger partial charge is 0.383 e. The van der Waals surface area contributed by atoms with Crippen LogP contribution in [0.3, 0.4) is 0 Å². The Kier molecular flexibility index (Phi) is 1.89. The van der Waals surface area contributed by atoms with Gasteiger partial charge in [0.2, 0.25) is 0 Å². The highest BCUT2D eigenvalue weighted by molar-refractivity contribution is 5.58. The number of nitrogens with two attached hydrogens (primary N) is 1.